The molecule has 5 nitrogen and oxygen atoms in total. The van der Waals surface area contributed by atoms with Gasteiger partial charge in [0.25, 0.3) is 0 Å². The number of nitrogens with zero attached hydrogens (tertiary/aromatic N) is 1. The first-order chi connectivity index (χ1) is 15.3. The smallest absolute Gasteiger partial charge is 0.243 e. The van der Waals surface area contributed by atoms with Crippen LogP contribution in [0.3, 0.4) is 0 Å². The van der Waals surface area contributed by atoms with Crippen molar-refractivity contribution in [3.63, 3.8) is 0 Å². The molecule has 0 atom stereocenters. The van der Waals surface area contributed by atoms with Gasteiger partial charge in [0, 0.05) is 28.7 Å². The van der Waals surface area contributed by atoms with Gasteiger partial charge in [-0.2, -0.15) is 4.31 Å². The van der Waals surface area contributed by atoms with Crippen LogP contribution < -0.4 is 5.32 Å². The molecule has 0 bridgehead atoms. The lowest BCUT2D eigenvalue weighted by Crippen LogP contribution is -2.40. The van der Waals surface area contributed by atoms with E-state index < -0.39 is 10.0 Å². The number of nitrogens with one attached hydrogen (secondary N) is 1. The van der Waals surface area contributed by atoms with Crippen molar-refractivity contribution in [3.8, 4) is 0 Å². The maximum absolute atomic E-state index is 13.4. The number of aryl methyl sites for hydroxylation is 1. The molecule has 8 heteroatoms. The molecule has 0 heterocycles. The van der Waals surface area contributed by atoms with Crippen LogP contribution in [0, 0.1) is 6.92 Å². The van der Waals surface area contributed by atoms with Crippen LogP contribution in [-0.4, -0.2) is 31.7 Å². The number of halogens is 2. The fourth-order valence-electron chi connectivity index (χ4n) is 3.66. The van der Waals surface area contributed by atoms with Crippen LogP contribution in [0.1, 0.15) is 43.2 Å². The molecule has 0 unspecified atom stereocenters. The predicted molar refractivity (Wildman–Crippen MR) is 129 cm³/mol. The third-order valence-electron chi connectivity index (χ3n) is 5.53. The second-order valence-corrected chi connectivity index (χ2v) is 10.7. The average Bonchev–Trinajstić information content (AvgIpc) is 2.76. The number of hydrogen-bond acceptors (Lipinski definition) is 3. The van der Waals surface area contributed by atoms with E-state index in [0.29, 0.717) is 22.2 Å². The molecule has 0 spiro atoms. The molecule has 0 aromatic heterocycles. The van der Waals surface area contributed by atoms with Crippen LogP contribution in [0.5, 0.6) is 0 Å². The van der Waals surface area contributed by atoms with E-state index in [1.807, 2.05) is 6.92 Å². The van der Waals surface area contributed by atoms with Gasteiger partial charge in [0.2, 0.25) is 15.9 Å². The maximum atomic E-state index is 13.4. The van der Waals surface area contributed by atoms with Crippen LogP contribution in [0.2, 0.25) is 10.0 Å². The van der Waals surface area contributed by atoms with E-state index in [1.54, 1.807) is 42.5 Å². The van der Waals surface area contributed by atoms with Gasteiger partial charge in [0.15, 0.2) is 0 Å². The average molecular weight is 495 g/mol. The van der Waals surface area contributed by atoms with Crippen molar-refractivity contribution in [2.75, 3.05) is 13.1 Å². The molecule has 0 aliphatic heterocycles. The summed E-state index contributed by atoms with van der Waals surface area (Å²) in [5, 5.41) is 3.56. The standard InChI is InChI=1S/C24H28Cl2N2O3S/c1-18-10-12-20(13-11-18)32(30,31)28(16-21-22(25)8-5-9-23(21)26)17-24(29)27-15-14-19-6-3-2-4-7-19/h5-6,8-13H,2-4,7,14-17H2,1H3,(H,27,29). The van der Waals surface area contributed by atoms with Crippen molar-refractivity contribution in [2.24, 2.45) is 0 Å². The Morgan fingerprint density at radius 3 is 2.38 bits per heavy atom. The Bertz CT molecular complexity index is 1060. The predicted octanol–water partition coefficient (Wildman–Crippen LogP) is 5.50. The van der Waals surface area contributed by atoms with E-state index >= 15 is 0 Å². The Hall–Kier alpha value is -1.86. The van der Waals surface area contributed by atoms with E-state index in [0.717, 1.165) is 29.1 Å². The summed E-state index contributed by atoms with van der Waals surface area (Å²) in [5.41, 5.74) is 2.76. The first-order valence-electron chi connectivity index (χ1n) is 10.7. The fraction of sp³-hybridized carbons (Fsp3) is 0.375. The van der Waals surface area contributed by atoms with Crippen LogP contribution in [-0.2, 0) is 21.4 Å². The molecular weight excluding hydrogens is 467 g/mol. The largest absolute Gasteiger partial charge is 0.355 e. The lowest BCUT2D eigenvalue weighted by atomic mass is 9.97. The lowest BCUT2D eigenvalue weighted by molar-refractivity contribution is -0.121. The number of amides is 1. The third kappa shape index (κ3) is 6.58. The van der Waals surface area contributed by atoms with Crippen molar-refractivity contribution in [1.82, 2.24) is 9.62 Å². The van der Waals surface area contributed by atoms with Gasteiger partial charge in [-0.25, -0.2) is 8.42 Å². The minimum absolute atomic E-state index is 0.104. The molecule has 0 fully saturated rings. The van der Waals surface area contributed by atoms with E-state index in [9.17, 15) is 13.2 Å². The minimum atomic E-state index is -3.95. The number of allylic oxidation sites excluding steroid dienone is 1. The number of carbonyl (C=O) groups is 1. The van der Waals surface area contributed by atoms with Crippen LogP contribution in [0.4, 0.5) is 0 Å². The molecular formula is C24H28Cl2N2O3S. The van der Waals surface area contributed by atoms with Gasteiger partial charge in [0.05, 0.1) is 11.4 Å². The van der Waals surface area contributed by atoms with Crippen LogP contribution in [0.15, 0.2) is 59.0 Å². The first kappa shape index (κ1) is 24.8. The fourth-order valence-corrected chi connectivity index (χ4v) is 5.54. The first-order valence-corrected chi connectivity index (χ1v) is 12.9. The summed E-state index contributed by atoms with van der Waals surface area (Å²) in [5.74, 6) is -0.361. The highest BCUT2D eigenvalue weighted by Gasteiger charge is 2.28. The summed E-state index contributed by atoms with van der Waals surface area (Å²) in [7, 11) is -3.95. The Kier molecular flexibility index (Phi) is 8.77. The molecule has 32 heavy (non-hydrogen) atoms. The highest BCUT2D eigenvalue weighted by molar-refractivity contribution is 7.89. The Morgan fingerprint density at radius 1 is 1.06 bits per heavy atom. The zero-order valence-electron chi connectivity index (χ0n) is 18.1. The van der Waals surface area contributed by atoms with E-state index in [1.165, 1.54) is 18.4 Å². The summed E-state index contributed by atoms with van der Waals surface area (Å²) >= 11 is 12.6. The minimum Gasteiger partial charge on any atom is -0.355 e. The highest BCUT2D eigenvalue weighted by atomic mass is 35.5. The summed E-state index contributed by atoms with van der Waals surface area (Å²) in [6, 6.07) is 11.5. The molecule has 2 aromatic rings. The van der Waals surface area contributed by atoms with Gasteiger partial charge >= 0.3 is 0 Å². The number of sulfonamides is 1. The monoisotopic (exact) mass is 494 g/mol. The molecule has 3 rings (SSSR count). The van der Waals surface area contributed by atoms with Crippen molar-refractivity contribution in [2.45, 2.75) is 50.5 Å². The van der Waals surface area contributed by atoms with Crippen molar-refractivity contribution < 1.29 is 13.2 Å². The molecule has 1 aliphatic carbocycles. The summed E-state index contributed by atoms with van der Waals surface area (Å²) in [4.78, 5) is 12.8. The number of rotatable bonds is 9. The van der Waals surface area contributed by atoms with Crippen LogP contribution in [0.25, 0.3) is 0 Å². The second kappa shape index (κ2) is 11.3. The SMILES string of the molecule is Cc1ccc(S(=O)(=O)N(CC(=O)NCCC2=CCCCC2)Cc2c(Cl)cccc2Cl)cc1. The Labute approximate surface area is 200 Å². The molecule has 172 valence electrons. The van der Waals surface area contributed by atoms with E-state index in [4.69, 9.17) is 23.2 Å². The zero-order chi connectivity index (χ0) is 23.1. The molecule has 0 saturated heterocycles. The summed E-state index contributed by atoms with van der Waals surface area (Å²) in [6.45, 7) is 1.94. The summed E-state index contributed by atoms with van der Waals surface area (Å²) in [6.07, 6.45) is 7.57. The van der Waals surface area contributed by atoms with Gasteiger partial charge in [0.1, 0.15) is 0 Å². The number of hydrogen-bond donors (Lipinski definition) is 1. The van der Waals surface area contributed by atoms with Crippen LogP contribution >= 0.6 is 23.2 Å². The normalized spacial score (nSPS) is 14.3. The summed E-state index contributed by atoms with van der Waals surface area (Å²) < 4.78 is 27.9. The van der Waals surface area contributed by atoms with Gasteiger partial charge in [-0.15, -0.1) is 0 Å². The highest BCUT2D eigenvalue weighted by Crippen LogP contribution is 2.28. The molecule has 2 aromatic carbocycles. The third-order valence-corrected chi connectivity index (χ3v) is 8.04. The molecule has 0 saturated carbocycles. The Balaban J connectivity index is 1.77. The van der Waals surface area contributed by atoms with Gasteiger partial charge < -0.3 is 5.32 Å². The lowest BCUT2D eigenvalue weighted by Gasteiger charge is -2.23. The molecule has 1 N–H and O–H groups in total. The molecule has 1 aliphatic rings. The topological polar surface area (TPSA) is 66.5 Å². The maximum Gasteiger partial charge on any atom is 0.243 e. The van der Waals surface area contributed by atoms with E-state index in [2.05, 4.69) is 11.4 Å². The molecule has 1 amide bonds. The van der Waals surface area contributed by atoms with Crippen molar-refractivity contribution >= 4 is 39.1 Å². The molecule has 0 radical (unpaired) electrons. The van der Waals surface area contributed by atoms with Crippen molar-refractivity contribution in [1.29, 1.82) is 0 Å². The Morgan fingerprint density at radius 2 is 1.75 bits per heavy atom. The number of carbonyl (C=O) groups excluding carboxylic acids is 1. The van der Waals surface area contributed by atoms with Gasteiger partial charge in [-0.1, -0.05) is 58.6 Å². The second-order valence-electron chi connectivity index (χ2n) is 7.99. The van der Waals surface area contributed by atoms with E-state index in [-0.39, 0.29) is 23.9 Å². The zero-order valence-corrected chi connectivity index (χ0v) is 20.4. The quantitative estimate of drug-likeness (QED) is 0.468. The van der Waals surface area contributed by atoms with Gasteiger partial charge in [-0.3, -0.25) is 4.79 Å². The number of benzene rings is 2. The van der Waals surface area contributed by atoms with Crippen molar-refractivity contribution in [3.05, 3.63) is 75.3 Å². The van der Waals surface area contributed by atoms with Gasteiger partial charge in [-0.05, 0) is 63.3 Å².